The van der Waals surface area contributed by atoms with Crippen LogP contribution >= 0.6 is 11.3 Å². The molecule has 0 bridgehead atoms. The van der Waals surface area contributed by atoms with E-state index in [-0.39, 0.29) is 5.91 Å². The molecule has 0 saturated carbocycles. The molecule has 1 aromatic heterocycles. The summed E-state index contributed by atoms with van der Waals surface area (Å²) < 4.78 is 5.57. The second-order valence-corrected chi connectivity index (χ2v) is 7.21. The van der Waals surface area contributed by atoms with Crippen molar-refractivity contribution in [3.8, 4) is 11.3 Å². The first-order chi connectivity index (χ1) is 13.7. The van der Waals surface area contributed by atoms with Gasteiger partial charge in [-0.15, -0.1) is 17.9 Å². The number of ether oxygens (including phenoxy) is 1. The molecule has 1 heterocycles. The van der Waals surface area contributed by atoms with E-state index in [2.05, 4.69) is 18.7 Å². The van der Waals surface area contributed by atoms with E-state index in [9.17, 15) is 4.79 Å². The highest BCUT2D eigenvalue weighted by Gasteiger charge is 2.24. The average molecular weight is 393 g/mol. The number of carbonyl (C=O) groups excluding carboxylic acids is 1. The number of benzene rings is 2. The minimum atomic E-state index is -0.558. The fourth-order valence-corrected chi connectivity index (χ4v) is 3.68. The first-order valence-corrected chi connectivity index (χ1v) is 10.2. The summed E-state index contributed by atoms with van der Waals surface area (Å²) >= 11 is 1.48. The maximum absolute atomic E-state index is 13.0. The number of thiazole rings is 1. The second kappa shape index (κ2) is 9.97. The molecule has 3 rings (SSSR count). The minimum Gasteiger partial charge on any atom is -0.365 e. The monoisotopic (exact) mass is 392 g/mol. The van der Waals surface area contributed by atoms with E-state index < -0.39 is 6.10 Å². The van der Waals surface area contributed by atoms with E-state index in [4.69, 9.17) is 9.72 Å². The first-order valence-electron chi connectivity index (χ1n) is 9.28. The normalized spacial score (nSPS) is 11.8. The van der Waals surface area contributed by atoms with Crippen LogP contribution in [-0.2, 0) is 16.0 Å². The molecule has 4 nitrogen and oxygen atoms in total. The van der Waals surface area contributed by atoms with Crippen molar-refractivity contribution >= 4 is 22.4 Å². The van der Waals surface area contributed by atoms with Gasteiger partial charge in [-0.25, -0.2) is 4.98 Å². The third kappa shape index (κ3) is 5.15. The number of carbonyl (C=O) groups is 1. The smallest absolute Gasteiger partial charge is 0.257 e. The lowest BCUT2D eigenvalue weighted by molar-refractivity contribution is -0.128. The van der Waals surface area contributed by atoms with Crippen LogP contribution in [0.15, 0.2) is 78.7 Å². The topological polar surface area (TPSA) is 42.4 Å². The van der Waals surface area contributed by atoms with Crippen molar-refractivity contribution in [3.05, 3.63) is 84.3 Å². The van der Waals surface area contributed by atoms with Crippen LogP contribution in [0.4, 0.5) is 5.13 Å². The predicted octanol–water partition coefficient (Wildman–Crippen LogP) is 4.98. The summed E-state index contributed by atoms with van der Waals surface area (Å²) in [6.45, 7) is 6.31. The zero-order valence-electron chi connectivity index (χ0n) is 16.0. The number of anilines is 1. The van der Waals surface area contributed by atoms with E-state index in [0.29, 0.717) is 18.3 Å². The minimum absolute atomic E-state index is 0.0910. The molecule has 2 aromatic carbocycles. The van der Waals surface area contributed by atoms with Gasteiger partial charge in [0.15, 0.2) is 5.13 Å². The molecule has 1 unspecified atom stereocenters. The van der Waals surface area contributed by atoms with Crippen molar-refractivity contribution in [2.24, 2.45) is 0 Å². The van der Waals surface area contributed by atoms with Crippen LogP contribution in [0.3, 0.4) is 0 Å². The molecule has 144 valence electrons. The molecule has 0 aliphatic rings. The van der Waals surface area contributed by atoms with Gasteiger partial charge in [0, 0.05) is 17.5 Å². The molecule has 0 spiro atoms. The van der Waals surface area contributed by atoms with Gasteiger partial charge in [0.2, 0.25) is 0 Å². The van der Waals surface area contributed by atoms with Crippen LogP contribution in [0.5, 0.6) is 0 Å². The van der Waals surface area contributed by atoms with Crippen molar-refractivity contribution < 1.29 is 9.53 Å². The highest BCUT2D eigenvalue weighted by Crippen LogP contribution is 2.28. The van der Waals surface area contributed by atoms with E-state index in [1.165, 1.54) is 16.9 Å². The first kappa shape index (κ1) is 20.0. The third-order valence-electron chi connectivity index (χ3n) is 4.34. The lowest BCUT2D eigenvalue weighted by Crippen LogP contribution is -2.40. The maximum atomic E-state index is 13.0. The molecule has 5 heteroatoms. The van der Waals surface area contributed by atoms with Crippen LogP contribution in [0.1, 0.15) is 12.5 Å². The average Bonchev–Trinajstić information content (AvgIpc) is 3.23. The molecule has 0 N–H and O–H groups in total. The SMILES string of the molecule is C=CCOC(C)C(=O)N(CCc1ccccc1)c1nc(-c2ccccc2)cs1. The zero-order valence-corrected chi connectivity index (χ0v) is 16.8. The lowest BCUT2D eigenvalue weighted by Gasteiger charge is -2.23. The van der Waals surface area contributed by atoms with Crippen LogP contribution in [0.25, 0.3) is 11.3 Å². The fraction of sp³-hybridized carbons (Fsp3) is 0.217. The standard InChI is InChI=1S/C23H24N2O2S/c1-3-16-27-18(2)22(26)25(15-14-19-10-6-4-7-11-19)23-24-21(17-28-23)20-12-8-5-9-13-20/h3-13,17-18H,1,14-16H2,2H3. The molecule has 1 amide bonds. The molecule has 0 fully saturated rings. The quantitative estimate of drug-likeness (QED) is 0.483. The Morgan fingerprint density at radius 1 is 1.18 bits per heavy atom. The van der Waals surface area contributed by atoms with Gasteiger partial charge >= 0.3 is 0 Å². The van der Waals surface area contributed by atoms with Gasteiger partial charge in [0.25, 0.3) is 5.91 Å². The Bertz CT molecular complexity index is 893. The third-order valence-corrected chi connectivity index (χ3v) is 5.20. The van der Waals surface area contributed by atoms with Crippen molar-refractivity contribution in [3.63, 3.8) is 0 Å². The molecule has 0 saturated heterocycles. The van der Waals surface area contributed by atoms with Crippen molar-refractivity contribution in [1.82, 2.24) is 4.98 Å². The van der Waals surface area contributed by atoms with Gasteiger partial charge < -0.3 is 4.74 Å². The molecule has 0 radical (unpaired) electrons. The molecule has 0 aliphatic carbocycles. The number of hydrogen-bond donors (Lipinski definition) is 0. The summed E-state index contributed by atoms with van der Waals surface area (Å²) in [5, 5.41) is 2.68. The van der Waals surface area contributed by atoms with E-state index in [1.54, 1.807) is 17.9 Å². The Hall–Kier alpha value is -2.76. The van der Waals surface area contributed by atoms with Gasteiger partial charge in [-0.05, 0) is 18.9 Å². The van der Waals surface area contributed by atoms with Gasteiger partial charge in [-0.3, -0.25) is 9.69 Å². The number of amides is 1. The molecular weight excluding hydrogens is 368 g/mol. The van der Waals surface area contributed by atoms with Crippen LogP contribution in [0.2, 0.25) is 0 Å². The van der Waals surface area contributed by atoms with Gasteiger partial charge in [-0.1, -0.05) is 66.7 Å². The molecule has 0 aliphatic heterocycles. The Morgan fingerprint density at radius 2 is 1.86 bits per heavy atom. The Labute approximate surface area is 170 Å². The summed E-state index contributed by atoms with van der Waals surface area (Å²) in [5.41, 5.74) is 3.09. The summed E-state index contributed by atoms with van der Waals surface area (Å²) in [7, 11) is 0. The van der Waals surface area contributed by atoms with E-state index in [0.717, 1.165) is 17.7 Å². The molecule has 28 heavy (non-hydrogen) atoms. The maximum Gasteiger partial charge on any atom is 0.257 e. The highest BCUT2D eigenvalue weighted by atomic mass is 32.1. The van der Waals surface area contributed by atoms with Crippen LogP contribution in [0, 0.1) is 0 Å². The Morgan fingerprint density at radius 3 is 2.54 bits per heavy atom. The van der Waals surface area contributed by atoms with Crippen LogP contribution < -0.4 is 4.90 Å². The zero-order chi connectivity index (χ0) is 19.8. The fourth-order valence-electron chi connectivity index (χ4n) is 2.82. The summed E-state index contributed by atoms with van der Waals surface area (Å²) in [5.74, 6) is -0.0910. The van der Waals surface area contributed by atoms with E-state index >= 15 is 0 Å². The second-order valence-electron chi connectivity index (χ2n) is 6.37. The van der Waals surface area contributed by atoms with Crippen molar-refractivity contribution in [1.29, 1.82) is 0 Å². The molecule has 1 atom stereocenters. The largest absolute Gasteiger partial charge is 0.365 e. The van der Waals surface area contributed by atoms with E-state index in [1.807, 2.05) is 53.9 Å². The molecular formula is C23H24N2O2S. The molecule has 3 aromatic rings. The Balaban J connectivity index is 1.82. The van der Waals surface area contributed by atoms with Gasteiger partial charge in [-0.2, -0.15) is 0 Å². The predicted molar refractivity (Wildman–Crippen MR) is 116 cm³/mol. The van der Waals surface area contributed by atoms with Crippen molar-refractivity contribution in [2.45, 2.75) is 19.4 Å². The Kier molecular flexibility index (Phi) is 7.12. The number of rotatable bonds is 9. The van der Waals surface area contributed by atoms with Gasteiger partial charge in [0.05, 0.1) is 12.3 Å². The lowest BCUT2D eigenvalue weighted by atomic mass is 10.1. The highest BCUT2D eigenvalue weighted by molar-refractivity contribution is 7.14. The summed E-state index contributed by atoms with van der Waals surface area (Å²) in [4.78, 5) is 19.5. The van der Waals surface area contributed by atoms with Gasteiger partial charge in [0.1, 0.15) is 6.10 Å². The number of hydrogen-bond acceptors (Lipinski definition) is 4. The number of nitrogens with zero attached hydrogens (tertiary/aromatic N) is 2. The van der Waals surface area contributed by atoms with Crippen LogP contribution in [-0.4, -0.2) is 30.1 Å². The number of aromatic nitrogens is 1. The summed E-state index contributed by atoms with van der Waals surface area (Å²) in [6, 6.07) is 20.1. The van der Waals surface area contributed by atoms with Crippen molar-refractivity contribution in [2.75, 3.05) is 18.1 Å². The summed E-state index contributed by atoms with van der Waals surface area (Å²) in [6.07, 6.45) is 1.84.